The highest BCUT2D eigenvalue weighted by molar-refractivity contribution is 5.87. The zero-order valence-corrected chi connectivity index (χ0v) is 13.7. The van der Waals surface area contributed by atoms with Crippen molar-refractivity contribution in [1.29, 1.82) is 0 Å². The lowest BCUT2D eigenvalue weighted by Crippen LogP contribution is -2.40. The molecule has 0 saturated carbocycles. The Bertz CT molecular complexity index is 473. The van der Waals surface area contributed by atoms with Crippen molar-refractivity contribution < 1.29 is 14.3 Å². The van der Waals surface area contributed by atoms with Crippen molar-refractivity contribution >= 4 is 11.9 Å². The van der Waals surface area contributed by atoms with Gasteiger partial charge in [0.05, 0.1) is 18.8 Å². The molecule has 1 N–H and O–H groups in total. The smallest absolute Gasteiger partial charge is 0.407 e. The minimum atomic E-state index is -0.563. The first-order chi connectivity index (χ1) is 10.6. The minimum absolute atomic E-state index is 0.0244. The normalized spacial score (nSPS) is 12.0. The SMILES string of the molecule is CCCc1cn(CCCCC(NC(=O)OC)C(=O)CC)nn1. The molecule has 1 aromatic heterocycles. The second-order valence-corrected chi connectivity index (χ2v) is 5.23. The lowest BCUT2D eigenvalue weighted by molar-refractivity contribution is -0.120. The van der Waals surface area contributed by atoms with Gasteiger partial charge in [-0.3, -0.25) is 9.48 Å². The zero-order valence-electron chi connectivity index (χ0n) is 13.7. The van der Waals surface area contributed by atoms with E-state index in [9.17, 15) is 9.59 Å². The summed E-state index contributed by atoms with van der Waals surface area (Å²) in [5.74, 6) is 0.0244. The highest BCUT2D eigenvalue weighted by Gasteiger charge is 2.18. The lowest BCUT2D eigenvalue weighted by atomic mass is 10.0. The van der Waals surface area contributed by atoms with Crippen molar-refractivity contribution in [1.82, 2.24) is 20.3 Å². The van der Waals surface area contributed by atoms with Crippen LogP contribution in [0.5, 0.6) is 0 Å². The van der Waals surface area contributed by atoms with E-state index < -0.39 is 12.1 Å². The van der Waals surface area contributed by atoms with Crippen LogP contribution in [0.15, 0.2) is 6.20 Å². The van der Waals surface area contributed by atoms with Crippen molar-refractivity contribution in [3.8, 4) is 0 Å². The van der Waals surface area contributed by atoms with E-state index in [0.717, 1.165) is 37.9 Å². The molecule has 1 amide bonds. The Morgan fingerprint density at radius 3 is 2.77 bits per heavy atom. The summed E-state index contributed by atoms with van der Waals surface area (Å²) >= 11 is 0. The third-order valence-electron chi connectivity index (χ3n) is 3.44. The standard InChI is InChI=1S/C15H26N4O3/c1-4-8-12-11-19(18-17-12)10-7-6-9-13(14(20)5-2)16-15(21)22-3/h11,13H,4-10H2,1-3H3,(H,16,21). The molecule has 1 rings (SSSR count). The number of nitrogens with one attached hydrogen (secondary N) is 1. The molecule has 0 radical (unpaired) electrons. The average molecular weight is 310 g/mol. The Morgan fingerprint density at radius 1 is 1.36 bits per heavy atom. The molecule has 22 heavy (non-hydrogen) atoms. The number of hydrogen-bond donors (Lipinski definition) is 1. The summed E-state index contributed by atoms with van der Waals surface area (Å²) in [7, 11) is 1.29. The maximum atomic E-state index is 11.8. The molecular formula is C15H26N4O3. The van der Waals surface area contributed by atoms with Crippen LogP contribution in [-0.4, -0.2) is 40.0 Å². The Balaban J connectivity index is 2.35. The summed E-state index contributed by atoms with van der Waals surface area (Å²) in [6.45, 7) is 4.67. The van der Waals surface area contributed by atoms with E-state index in [2.05, 4.69) is 27.3 Å². The Kier molecular flexibility index (Phi) is 8.17. The highest BCUT2D eigenvalue weighted by Crippen LogP contribution is 2.07. The molecular weight excluding hydrogens is 284 g/mol. The fourth-order valence-electron chi connectivity index (χ4n) is 2.20. The number of rotatable bonds is 10. The van der Waals surface area contributed by atoms with Gasteiger partial charge in [0.15, 0.2) is 5.78 Å². The number of carbonyl (C=O) groups is 2. The molecule has 0 aliphatic heterocycles. The first kappa shape index (κ1) is 18.1. The molecule has 7 heteroatoms. The van der Waals surface area contributed by atoms with E-state index in [4.69, 9.17) is 0 Å². The van der Waals surface area contributed by atoms with Gasteiger partial charge in [-0.05, 0) is 25.7 Å². The van der Waals surface area contributed by atoms with Gasteiger partial charge in [-0.1, -0.05) is 25.5 Å². The van der Waals surface area contributed by atoms with Crippen molar-refractivity contribution in [2.75, 3.05) is 7.11 Å². The lowest BCUT2D eigenvalue weighted by Gasteiger charge is -2.15. The van der Waals surface area contributed by atoms with Crippen molar-refractivity contribution in [3.63, 3.8) is 0 Å². The predicted molar refractivity (Wildman–Crippen MR) is 82.5 cm³/mol. The van der Waals surface area contributed by atoms with E-state index in [1.807, 2.05) is 10.9 Å². The Morgan fingerprint density at radius 2 is 2.14 bits per heavy atom. The Hall–Kier alpha value is -1.92. The number of aryl methyl sites for hydroxylation is 2. The van der Waals surface area contributed by atoms with Gasteiger partial charge >= 0.3 is 6.09 Å². The van der Waals surface area contributed by atoms with Gasteiger partial charge in [0.25, 0.3) is 0 Å². The van der Waals surface area contributed by atoms with Crippen molar-refractivity contribution in [3.05, 3.63) is 11.9 Å². The summed E-state index contributed by atoms with van der Waals surface area (Å²) < 4.78 is 6.38. The van der Waals surface area contributed by atoms with Gasteiger partial charge in [-0.15, -0.1) is 5.10 Å². The molecule has 1 atom stereocenters. The van der Waals surface area contributed by atoms with Crippen molar-refractivity contribution in [2.45, 2.75) is 65.0 Å². The number of unbranched alkanes of at least 4 members (excludes halogenated alkanes) is 1. The van der Waals surface area contributed by atoms with Crippen LogP contribution in [0.25, 0.3) is 0 Å². The number of ketones is 1. The molecule has 1 heterocycles. The summed E-state index contributed by atoms with van der Waals surface area (Å²) in [6.07, 6.45) is 6.11. The van der Waals surface area contributed by atoms with Crippen LogP contribution in [0.1, 0.15) is 51.6 Å². The summed E-state index contributed by atoms with van der Waals surface area (Å²) in [5, 5.41) is 10.8. The molecule has 0 fully saturated rings. The fourth-order valence-corrected chi connectivity index (χ4v) is 2.20. The van der Waals surface area contributed by atoms with Crippen LogP contribution in [0.4, 0.5) is 4.79 Å². The molecule has 0 spiro atoms. The Labute approximate surface area is 131 Å². The van der Waals surface area contributed by atoms with Crippen LogP contribution < -0.4 is 5.32 Å². The van der Waals surface area contributed by atoms with Gasteiger partial charge in [0, 0.05) is 19.2 Å². The van der Waals surface area contributed by atoms with Crippen molar-refractivity contribution in [2.24, 2.45) is 0 Å². The number of hydrogen-bond acceptors (Lipinski definition) is 5. The average Bonchev–Trinajstić information content (AvgIpc) is 2.97. The predicted octanol–water partition coefficient (Wildman–Crippen LogP) is 2.10. The largest absolute Gasteiger partial charge is 0.453 e. The molecule has 7 nitrogen and oxygen atoms in total. The quantitative estimate of drug-likeness (QED) is 0.669. The number of aromatic nitrogens is 3. The van der Waals surface area contributed by atoms with Crippen LogP contribution >= 0.6 is 0 Å². The summed E-state index contributed by atoms with van der Waals surface area (Å²) in [5.41, 5.74) is 1.01. The summed E-state index contributed by atoms with van der Waals surface area (Å²) in [4.78, 5) is 23.1. The molecule has 124 valence electrons. The van der Waals surface area contributed by atoms with Gasteiger partial charge in [-0.25, -0.2) is 4.79 Å². The molecule has 0 aromatic carbocycles. The first-order valence-electron chi connectivity index (χ1n) is 7.86. The van der Waals surface area contributed by atoms with Gasteiger partial charge in [0.1, 0.15) is 0 Å². The van der Waals surface area contributed by atoms with E-state index in [0.29, 0.717) is 12.8 Å². The topological polar surface area (TPSA) is 86.1 Å². The van der Waals surface area contributed by atoms with E-state index in [1.165, 1.54) is 7.11 Å². The van der Waals surface area contributed by atoms with Gasteiger partial charge in [0.2, 0.25) is 0 Å². The number of alkyl carbamates (subject to hydrolysis) is 1. The number of carbonyl (C=O) groups excluding carboxylic acids is 2. The molecule has 0 bridgehead atoms. The monoisotopic (exact) mass is 310 g/mol. The number of ether oxygens (including phenoxy) is 1. The van der Waals surface area contributed by atoms with Gasteiger partial charge < -0.3 is 10.1 Å². The number of nitrogens with zero attached hydrogens (tertiary/aromatic N) is 3. The maximum Gasteiger partial charge on any atom is 0.407 e. The van der Waals surface area contributed by atoms with Crippen LogP contribution in [0.2, 0.25) is 0 Å². The first-order valence-corrected chi connectivity index (χ1v) is 7.86. The fraction of sp³-hybridized carbons (Fsp3) is 0.733. The van der Waals surface area contributed by atoms with Crippen LogP contribution in [0, 0.1) is 0 Å². The molecule has 0 aliphatic rings. The number of amides is 1. The maximum absolute atomic E-state index is 11.8. The third kappa shape index (κ3) is 6.24. The second-order valence-electron chi connectivity index (χ2n) is 5.23. The van der Waals surface area contributed by atoms with Crippen LogP contribution in [-0.2, 0) is 22.5 Å². The van der Waals surface area contributed by atoms with Crippen LogP contribution in [0.3, 0.4) is 0 Å². The second kappa shape index (κ2) is 9.92. The third-order valence-corrected chi connectivity index (χ3v) is 3.44. The number of methoxy groups -OCH3 is 1. The minimum Gasteiger partial charge on any atom is -0.453 e. The molecule has 0 saturated heterocycles. The van der Waals surface area contributed by atoms with E-state index in [-0.39, 0.29) is 5.78 Å². The molecule has 0 aliphatic carbocycles. The summed E-state index contributed by atoms with van der Waals surface area (Å²) in [6, 6.07) is -0.469. The molecule has 1 aromatic rings. The zero-order chi connectivity index (χ0) is 16.4. The van der Waals surface area contributed by atoms with Gasteiger partial charge in [-0.2, -0.15) is 0 Å². The van der Waals surface area contributed by atoms with E-state index >= 15 is 0 Å². The highest BCUT2D eigenvalue weighted by atomic mass is 16.5. The number of Topliss-reactive ketones (excluding diaryl/α,β-unsaturated/α-hetero) is 1. The molecule has 1 unspecified atom stereocenters. The van der Waals surface area contributed by atoms with E-state index in [1.54, 1.807) is 6.92 Å².